The molecule has 1 fully saturated rings. The van der Waals surface area contributed by atoms with Gasteiger partial charge in [0.2, 0.25) is 0 Å². The molecule has 1 aromatic rings. The van der Waals surface area contributed by atoms with E-state index in [1.54, 1.807) is 18.6 Å². The highest BCUT2D eigenvalue weighted by atomic mass is 19.1. The van der Waals surface area contributed by atoms with E-state index >= 15 is 0 Å². The second kappa shape index (κ2) is 4.65. The first kappa shape index (κ1) is 12.5. The fourth-order valence-corrected chi connectivity index (χ4v) is 3.13. The molecule has 3 nitrogen and oxygen atoms in total. The van der Waals surface area contributed by atoms with Crippen LogP contribution in [0.15, 0.2) is 58.4 Å². The number of aromatic nitrogens is 1. The van der Waals surface area contributed by atoms with Crippen LogP contribution in [0.4, 0.5) is 4.39 Å². The zero-order valence-electron chi connectivity index (χ0n) is 11.9. The Kier molecular flexibility index (Phi) is 2.77. The van der Waals surface area contributed by atoms with Crippen LogP contribution in [0.5, 0.6) is 0 Å². The Morgan fingerprint density at radius 2 is 2.00 bits per heavy atom. The van der Waals surface area contributed by atoms with Gasteiger partial charge in [-0.2, -0.15) is 0 Å². The van der Waals surface area contributed by atoms with Gasteiger partial charge in [-0.05, 0) is 54.5 Å². The van der Waals surface area contributed by atoms with Gasteiger partial charge < -0.3 is 4.90 Å². The third-order valence-corrected chi connectivity index (χ3v) is 4.25. The molecule has 0 amide bonds. The molecule has 0 saturated heterocycles. The quantitative estimate of drug-likeness (QED) is 0.827. The van der Waals surface area contributed by atoms with Crippen molar-refractivity contribution in [2.45, 2.75) is 19.8 Å². The average molecular weight is 281 g/mol. The van der Waals surface area contributed by atoms with Crippen molar-refractivity contribution in [3.8, 4) is 0 Å². The number of hydrogen-bond acceptors (Lipinski definition) is 3. The molecule has 0 N–H and O–H groups in total. The fraction of sp³-hybridized carbons (Fsp3) is 0.294. The third-order valence-electron chi connectivity index (χ3n) is 4.25. The molecule has 0 atom stereocenters. The molecule has 0 unspecified atom stereocenters. The minimum atomic E-state index is -0.199. The first-order valence-corrected chi connectivity index (χ1v) is 7.25. The van der Waals surface area contributed by atoms with E-state index in [-0.39, 0.29) is 5.83 Å². The van der Waals surface area contributed by atoms with E-state index in [2.05, 4.69) is 9.98 Å². The molecule has 0 spiro atoms. The predicted octanol–water partition coefficient (Wildman–Crippen LogP) is 3.69. The smallest absolute Gasteiger partial charge is 0.147 e. The number of halogens is 1. The Labute approximate surface area is 123 Å². The first-order valence-electron chi connectivity index (χ1n) is 7.25. The van der Waals surface area contributed by atoms with Crippen LogP contribution < -0.4 is 0 Å². The van der Waals surface area contributed by atoms with Crippen molar-refractivity contribution in [1.82, 2.24) is 9.88 Å². The average Bonchev–Trinajstić information content (AvgIpc) is 3.32. The molecule has 3 aliphatic rings. The molecular formula is C17H16FN3. The van der Waals surface area contributed by atoms with E-state index < -0.39 is 0 Å². The van der Waals surface area contributed by atoms with E-state index in [0.717, 1.165) is 16.8 Å². The summed E-state index contributed by atoms with van der Waals surface area (Å²) in [5, 5.41) is 0. The summed E-state index contributed by atoms with van der Waals surface area (Å²) in [6, 6.07) is 3.71. The highest BCUT2D eigenvalue weighted by molar-refractivity contribution is 5.89. The lowest BCUT2D eigenvalue weighted by Gasteiger charge is -2.33. The van der Waals surface area contributed by atoms with Gasteiger partial charge in [0.15, 0.2) is 0 Å². The van der Waals surface area contributed by atoms with Crippen LogP contribution in [-0.4, -0.2) is 22.8 Å². The van der Waals surface area contributed by atoms with Gasteiger partial charge in [-0.1, -0.05) is 0 Å². The Bertz CT molecular complexity index is 709. The molecule has 2 aliphatic heterocycles. The first-order chi connectivity index (χ1) is 10.3. The normalized spacial score (nSPS) is 21.6. The van der Waals surface area contributed by atoms with Gasteiger partial charge in [-0.15, -0.1) is 0 Å². The van der Waals surface area contributed by atoms with Crippen LogP contribution in [-0.2, 0) is 0 Å². The van der Waals surface area contributed by atoms with Crippen LogP contribution >= 0.6 is 0 Å². The van der Waals surface area contributed by atoms with Crippen molar-refractivity contribution in [3.05, 3.63) is 59.0 Å². The van der Waals surface area contributed by atoms with Gasteiger partial charge >= 0.3 is 0 Å². The second-order valence-electron chi connectivity index (χ2n) is 5.71. The third kappa shape index (κ3) is 2.02. The van der Waals surface area contributed by atoms with Gasteiger partial charge in [0.25, 0.3) is 0 Å². The number of nitrogens with zero attached hydrogens (tertiary/aromatic N) is 3. The summed E-state index contributed by atoms with van der Waals surface area (Å²) in [5.41, 5.74) is 4.95. The monoisotopic (exact) mass is 281 g/mol. The van der Waals surface area contributed by atoms with Crippen LogP contribution in [0.25, 0.3) is 5.57 Å². The summed E-state index contributed by atoms with van der Waals surface area (Å²) in [4.78, 5) is 10.3. The number of hydrogen-bond donors (Lipinski definition) is 0. The molecule has 1 saturated carbocycles. The molecule has 3 heterocycles. The van der Waals surface area contributed by atoms with Gasteiger partial charge in [0.1, 0.15) is 12.5 Å². The molecule has 21 heavy (non-hydrogen) atoms. The fourth-order valence-electron chi connectivity index (χ4n) is 3.13. The Morgan fingerprint density at radius 3 is 2.71 bits per heavy atom. The summed E-state index contributed by atoms with van der Waals surface area (Å²) in [6.07, 6.45) is 9.39. The van der Waals surface area contributed by atoms with Crippen molar-refractivity contribution in [2.75, 3.05) is 6.67 Å². The molecule has 4 rings (SSSR count). The number of aliphatic imine (C=N–C) groups is 1. The lowest BCUT2D eigenvalue weighted by molar-refractivity contribution is 0.452. The maximum Gasteiger partial charge on any atom is 0.147 e. The zero-order valence-corrected chi connectivity index (χ0v) is 11.9. The topological polar surface area (TPSA) is 28.5 Å². The Morgan fingerprint density at radius 1 is 1.24 bits per heavy atom. The molecule has 1 aromatic heterocycles. The van der Waals surface area contributed by atoms with Crippen LogP contribution in [0.2, 0.25) is 0 Å². The number of allylic oxidation sites excluding steroid dienone is 4. The summed E-state index contributed by atoms with van der Waals surface area (Å²) in [5.74, 6) is 0.393. The van der Waals surface area contributed by atoms with Crippen molar-refractivity contribution in [2.24, 2.45) is 10.9 Å². The zero-order chi connectivity index (χ0) is 14.4. The van der Waals surface area contributed by atoms with Crippen LogP contribution in [0, 0.1) is 5.92 Å². The second-order valence-corrected chi connectivity index (χ2v) is 5.71. The summed E-state index contributed by atoms with van der Waals surface area (Å²) in [6.45, 7) is 2.51. The van der Waals surface area contributed by atoms with Crippen molar-refractivity contribution >= 4 is 11.8 Å². The van der Waals surface area contributed by atoms with Gasteiger partial charge in [0, 0.05) is 30.4 Å². The lowest BCUT2D eigenvalue weighted by Crippen LogP contribution is -2.27. The van der Waals surface area contributed by atoms with Crippen LogP contribution in [0.3, 0.4) is 0 Å². The van der Waals surface area contributed by atoms with Crippen LogP contribution in [0.1, 0.15) is 25.3 Å². The summed E-state index contributed by atoms with van der Waals surface area (Å²) in [7, 11) is 0. The number of rotatable bonds is 2. The molecule has 0 aromatic carbocycles. The van der Waals surface area contributed by atoms with Crippen molar-refractivity contribution in [3.63, 3.8) is 0 Å². The maximum atomic E-state index is 14.6. The Hall–Kier alpha value is -2.23. The highest BCUT2D eigenvalue weighted by Gasteiger charge is 2.34. The largest absolute Gasteiger partial charge is 0.324 e. The number of pyridine rings is 1. The SMILES string of the molecule is CC1=C(c2ccncc2)C(F)=CN2CN=CC(C3CC3)=C12. The summed E-state index contributed by atoms with van der Waals surface area (Å²) < 4.78 is 14.6. The van der Waals surface area contributed by atoms with Gasteiger partial charge in [-0.3, -0.25) is 9.98 Å². The molecular weight excluding hydrogens is 265 g/mol. The van der Waals surface area contributed by atoms with E-state index in [0.29, 0.717) is 18.2 Å². The minimum absolute atomic E-state index is 0.199. The van der Waals surface area contributed by atoms with Gasteiger partial charge in [-0.25, -0.2) is 4.39 Å². The van der Waals surface area contributed by atoms with E-state index in [1.807, 2.05) is 30.2 Å². The molecule has 106 valence electrons. The number of fused-ring (bicyclic) bond motifs is 1. The molecule has 0 radical (unpaired) electrons. The predicted molar refractivity (Wildman–Crippen MR) is 81.0 cm³/mol. The minimum Gasteiger partial charge on any atom is -0.324 e. The molecule has 4 heteroatoms. The standard InChI is InChI=1S/C17H16FN3/c1-11-16(13-4-6-19-7-5-13)15(18)9-21-10-20-8-14(17(11)21)12-2-3-12/h4-9,12H,2-3,10H2,1H3. The lowest BCUT2D eigenvalue weighted by atomic mass is 9.92. The summed E-state index contributed by atoms with van der Waals surface area (Å²) >= 11 is 0. The van der Waals surface area contributed by atoms with E-state index in [9.17, 15) is 4.39 Å². The van der Waals surface area contributed by atoms with E-state index in [1.165, 1.54) is 18.4 Å². The van der Waals surface area contributed by atoms with Crippen molar-refractivity contribution < 1.29 is 4.39 Å². The van der Waals surface area contributed by atoms with Crippen molar-refractivity contribution in [1.29, 1.82) is 0 Å². The van der Waals surface area contributed by atoms with E-state index in [4.69, 9.17) is 0 Å². The molecule has 1 aliphatic carbocycles. The van der Waals surface area contributed by atoms with Gasteiger partial charge in [0.05, 0.1) is 5.70 Å². The highest BCUT2D eigenvalue weighted by Crippen LogP contribution is 2.44. The maximum absolute atomic E-state index is 14.6. The Balaban J connectivity index is 1.91. The molecule has 0 bridgehead atoms.